The Morgan fingerprint density at radius 1 is 1.56 bits per heavy atom. The van der Waals surface area contributed by atoms with Crippen molar-refractivity contribution in [1.29, 1.82) is 0 Å². The Morgan fingerprint density at radius 3 is 3.17 bits per heavy atom. The number of carbonyl (C=O) groups is 1. The van der Waals surface area contributed by atoms with Crippen LogP contribution in [0.4, 0.5) is 0 Å². The van der Waals surface area contributed by atoms with E-state index in [2.05, 4.69) is 26.7 Å². The van der Waals surface area contributed by atoms with Crippen LogP contribution in [0.1, 0.15) is 35.6 Å². The Balaban J connectivity index is 1.88. The van der Waals surface area contributed by atoms with Gasteiger partial charge in [-0.25, -0.2) is 0 Å². The van der Waals surface area contributed by atoms with Gasteiger partial charge in [0.05, 0.1) is 5.69 Å². The van der Waals surface area contributed by atoms with Gasteiger partial charge in [0, 0.05) is 25.2 Å². The molecule has 1 aromatic heterocycles. The molecular formula is C12H18N4OS. The molecule has 5 nitrogen and oxygen atoms in total. The monoisotopic (exact) mass is 266 g/mol. The highest BCUT2D eigenvalue weighted by Gasteiger charge is 2.45. The second kappa shape index (κ2) is 4.59. The molecule has 3 atom stereocenters. The Morgan fingerprint density at radius 2 is 2.39 bits per heavy atom. The van der Waals surface area contributed by atoms with E-state index < -0.39 is 0 Å². The van der Waals surface area contributed by atoms with Crippen LogP contribution in [0.2, 0.25) is 0 Å². The van der Waals surface area contributed by atoms with Crippen LogP contribution in [0.5, 0.6) is 0 Å². The van der Waals surface area contributed by atoms with Gasteiger partial charge in [0.2, 0.25) is 0 Å². The minimum atomic E-state index is 0.130. The molecule has 3 unspecified atom stereocenters. The molecule has 1 aromatic rings. The van der Waals surface area contributed by atoms with E-state index in [0.717, 1.165) is 36.5 Å². The Kier molecular flexibility index (Phi) is 3.07. The summed E-state index contributed by atoms with van der Waals surface area (Å²) in [5.74, 6) is 0.750. The number of nitrogens with zero attached hydrogens (tertiary/aromatic N) is 3. The average Bonchev–Trinajstić information content (AvgIpc) is 3.01. The quantitative estimate of drug-likeness (QED) is 0.865. The van der Waals surface area contributed by atoms with E-state index in [9.17, 15) is 4.79 Å². The zero-order valence-corrected chi connectivity index (χ0v) is 11.5. The highest BCUT2D eigenvalue weighted by Crippen LogP contribution is 2.34. The van der Waals surface area contributed by atoms with Crippen molar-refractivity contribution in [1.82, 2.24) is 19.8 Å². The number of rotatable bonds is 2. The van der Waals surface area contributed by atoms with Crippen LogP contribution >= 0.6 is 11.5 Å². The van der Waals surface area contributed by atoms with Crippen molar-refractivity contribution in [3.8, 4) is 0 Å². The van der Waals surface area contributed by atoms with Gasteiger partial charge < -0.3 is 10.2 Å². The first-order valence-corrected chi connectivity index (χ1v) is 7.34. The maximum atomic E-state index is 12.7. The second-order valence-corrected chi connectivity index (χ2v) is 5.94. The molecule has 1 amide bonds. The van der Waals surface area contributed by atoms with Crippen LogP contribution in [0.3, 0.4) is 0 Å². The second-order valence-electron chi connectivity index (χ2n) is 5.19. The third-order valence-electron chi connectivity index (χ3n) is 4.10. The molecule has 2 fully saturated rings. The van der Waals surface area contributed by atoms with Crippen molar-refractivity contribution in [2.24, 2.45) is 5.92 Å². The van der Waals surface area contributed by atoms with E-state index in [4.69, 9.17) is 0 Å². The van der Waals surface area contributed by atoms with Crippen LogP contribution in [0.15, 0.2) is 0 Å². The maximum absolute atomic E-state index is 12.7. The minimum Gasteiger partial charge on any atom is -0.331 e. The van der Waals surface area contributed by atoms with Gasteiger partial charge >= 0.3 is 0 Å². The van der Waals surface area contributed by atoms with Crippen molar-refractivity contribution < 1.29 is 4.79 Å². The normalized spacial score (nSPS) is 30.8. The fraction of sp³-hybridized carbons (Fsp3) is 0.750. The predicted octanol–water partition coefficient (Wildman–Crippen LogP) is 0.923. The van der Waals surface area contributed by atoms with Gasteiger partial charge in [-0.3, -0.25) is 4.79 Å². The van der Waals surface area contributed by atoms with E-state index in [1.54, 1.807) is 0 Å². The van der Waals surface area contributed by atoms with Crippen molar-refractivity contribution >= 4 is 17.4 Å². The summed E-state index contributed by atoms with van der Waals surface area (Å²) >= 11 is 1.23. The maximum Gasteiger partial charge on any atom is 0.268 e. The molecule has 6 heteroatoms. The van der Waals surface area contributed by atoms with Gasteiger partial charge in [-0.2, -0.15) is 0 Å². The summed E-state index contributed by atoms with van der Waals surface area (Å²) in [6, 6.07) is 0.695. The van der Waals surface area contributed by atoms with E-state index in [-0.39, 0.29) is 5.91 Å². The van der Waals surface area contributed by atoms with Gasteiger partial charge in [0.25, 0.3) is 5.91 Å². The lowest BCUT2D eigenvalue weighted by molar-refractivity contribution is 0.0686. The fourth-order valence-corrected chi connectivity index (χ4v) is 3.93. The van der Waals surface area contributed by atoms with Crippen molar-refractivity contribution in [2.75, 3.05) is 13.1 Å². The first kappa shape index (κ1) is 12.0. The largest absolute Gasteiger partial charge is 0.331 e. The number of aryl methyl sites for hydroxylation is 1. The van der Waals surface area contributed by atoms with Crippen LogP contribution in [0, 0.1) is 5.92 Å². The van der Waals surface area contributed by atoms with Crippen LogP contribution < -0.4 is 5.32 Å². The first-order chi connectivity index (χ1) is 8.72. The molecule has 0 radical (unpaired) electrons. The highest BCUT2D eigenvalue weighted by atomic mass is 32.1. The molecule has 1 N–H and O–H groups in total. The third kappa shape index (κ3) is 1.75. The summed E-state index contributed by atoms with van der Waals surface area (Å²) in [4.78, 5) is 15.5. The van der Waals surface area contributed by atoms with E-state index >= 15 is 0 Å². The smallest absolute Gasteiger partial charge is 0.268 e. The lowest BCUT2D eigenvalue weighted by Gasteiger charge is -2.27. The lowest BCUT2D eigenvalue weighted by Crippen LogP contribution is -2.42. The van der Waals surface area contributed by atoms with E-state index in [1.165, 1.54) is 11.5 Å². The van der Waals surface area contributed by atoms with Gasteiger partial charge in [0.15, 0.2) is 0 Å². The van der Waals surface area contributed by atoms with Crippen molar-refractivity contribution in [3.63, 3.8) is 0 Å². The predicted molar refractivity (Wildman–Crippen MR) is 69.7 cm³/mol. The molecule has 0 bridgehead atoms. The molecular weight excluding hydrogens is 248 g/mol. The molecule has 0 aromatic carbocycles. The molecule has 3 rings (SSSR count). The number of hydrogen-bond acceptors (Lipinski definition) is 5. The summed E-state index contributed by atoms with van der Waals surface area (Å²) in [5.41, 5.74) is 0.839. The topological polar surface area (TPSA) is 58.1 Å². The van der Waals surface area contributed by atoms with E-state index in [1.807, 2.05) is 6.92 Å². The summed E-state index contributed by atoms with van der Waals surface area (Å²) in [5, 5.41) is 7.42. The number of nitrogens with one attached hydrogen (secondary N) is 1. The van der Waals surface area contributed by atoms with Gasteiger partial charge in [0.1, 0.15) is 4.88 Å². The zero-order chi connectivity index (χ0) is 12.7. The SMILES string of the molecule is CCc1nnsc1C(=O)N1C(C)CC2CNCC21. The van der Waals surface area contributed by atoms with Crippen molar-refractivity contribution in [3.05, 3.63) is 10.6 Å². The summed E-state index contributed by atoms with van der Waals surface area (Å²) < 4.78 is 3.92. The minimum absolute atomic E-state index is 0.130. The molecule has 3 heterocycles. The Labute approximate surface area is 111 Å². The van der Waals surface area contributed by atoms with Gasteiger partial charge in [-0.05, 0) is 37.2 Å². The van der Waals surface area contributed by atoms with E-state index in [0.29, 0.717) is 18.0 Å². The van der Waals surface area contributed by atoms with Crippen LogP contribution in [-0.2, 0) is 6.42 Å². The Hall–Kier alpha value is -1.01. The number of amides is 1. The van der Waals surface area contributed by atoms with Crippen LogP contribution in [0.25, 0.3) is 0 Å². The number of likely N-dealkylation sites (tertiary alicyclic amines) is 1. The number of carbonyl (C=O) groups excluding carboxylic acids is 1. The van der Waals surface area contributed by atoms with Gasteiger partial charge in [-0.1, -0.05) is 11.4 Å². The number of hydrogen-bond donors (Lipinski definition) is 1. The molecule has 2 aliphatic heterocycles. The standard InChI is InChI=1S/C12H18N4OS/c1-3-9-11(18-15-14-9)12(17)16-7(2)4-8-5-13-6-10(8)16/h7-8,10,13H,3-6H2,1-2H3. The molecule has 0 spiro atoms. The summed E-state index contributed by atoms with van der Waals surface area (Å²) in [6.07, 6.45) is 1.88. The molecule has 0 saturated carbocycles. The molecule has 0 aliphatic carbocycles. The number of aromatic nitrogens is 2. The lowest BCUT2D eigenvalue weighted by atomic mass is 10.0. The van der Waals surface area contributed by atoms with Crippen molar-refractivity contribution in [2.45, 2.75) is 38.8 Å². The Bertz CT molecular complexity index is 461. The molecule has 18 heavy (non-hydrogen) atoms. The highest BCUT2D eigenvalue weighted by molar-refractivity contribution is 7.08. The first-order valence-electron chi connectivity index (χ1n) is 6.57. The molecule has 2 aliphatic rings. The third-order valence-corrected chi connectivity index (χ3v) is 4.86. The molecule has 2 saturated heterocycles. The van der Waals surface area contributed by atoms with Crippen LogP contribution in [-0.4, -0.2) is 45.6 Å². The van der Waals surface area contributed by atoms with Gasteiger partial charge in [-0.15, -0.1) is 5.10 Å². The number of fused-ring (bicyclic) bond motifs is 1. The molecule has 98 valence electrons. The zero-order valence-electron chi connectivity index (χ0n) is 10.7. The summed E-state index contributed by atoms with van der Waals surface area (Å²) in [6.45, 7) is 6.13. The average molecular weight is 266 g/mol. The summed E-state index contributed by atoms with van der Waals surface area (Å²) in [7, 11) is 0. The fourth-order valence-electron chi connectivity index (χ4n) is 3.23.